The number of para-hydroxylation sites is 2. The minimum absolute atomic E-state index is 0. The van der Waals surface area contributed by atoms with Crippen LogP contribution in [0.4, 0.5) is 11.4 Å². The Labute approximate surface area is 459 Å². The second kappa shape index (κ2) is 34.8. The van der Waals surface area contributed by atoms with Crippen molar-refractivity contribution >= 4 is 97.9 Å². The molecule has 4 heterocycles. The molecule has 10 nitrogen and oxygen atoms in total. The van der Waals surface area contributed by atoms with Crippen molar-refractivity contribution in [2.75, 3.05) is 10.6 Å². The molecule has 4 aromatic heterocycles. The van der Waals surface area contributed by atoms with Gasteiger partial charge in [-0.3, -0.25) is 14.6 Å². The molecule has 4 aromatic carbocycles. The number of rotatable bonds is 8. The Kier molecular flexibility index (Phi) is 34.2. The number of nitrogens with one attached hydrogen (secondary N) is 6. The van der Waals surface area contributed by atoms with Crippen LogP contribution in [0.5, 0.6) is 0 Å². The predicted octanol–water partition coefficient (Wildman–Crippen LogP) is 12.3. The topological polar surface area (TPSA) is 147 Å². The van der Waals surface area contributed by atoms with Gasteiger partial charge in [0.25, 0.3) is 11.1 Å². The zero-order chi connectivity index (χ0) is 48.1. The SMILES string of the molecule is CC.CC.CC.CC.S.S.[2H]C.[2H]Cc1ccc2nc(-c3c(NC([B])C(C)C)c4ccccc4[nH]c3=O)[nH]c2c1.[B]C(Nc1c(-c2nc3c[c-]ccc3[nH]2)c(=O)[nH]c2ccccc12)C(C)C.[V].[W].[W]. The number of hydrogen-bond donors (Lipinski definition) is 6. The van der Waals surface area contributed by atoms with Crippen LogP contribution in [-0.4, -0.2) is 57.5 Å². The van der Waals surface area contributed by atoms with Crippen LogP contribution in [0.1, 0.15) is 98.8 Å². The Morgan fingerprint density at radius 3 is 1.45 bits per heavy atom. The van der Waals surface area contributed by atoms with E-state index >= 15 is 0 Å². The van der Waals surface area contributed by atoms with Gasteiger partial charge < -0.3 is 30.6 Å². The molecule has 6 N–H and O–H groups in total. The molecule has 2 unspecified atom stereocenters. The van der Waals surface area contributed by atoms with Gasteiger partial charge in [0, 0.05) is 74.2 Å². The summed E-state index contributed by atoms with van der Waals surface area (Å²) >= 11 is 0. The van der Waals surface area contributed by atoms with Crippen LogP contribution in [0.15, 0.2) is 94.5 Å². The number of fused-ring (bicyclic) bond motifs is 4. The summed E-state index contributed by atoms with van der Waals surface area (Å²) in [4.78, 5) is 47.4. The van der Waals surface area contributed by atoms with E-state index in [1.54, 1.807) is 6.07 Å². The fourth-order valence-corrected chi connectivity index (χ4v) is 6.09. The number of imidazole rings is 2. The molecule has 0 saturated carbocycles. The summed E-state index contributed by atoms with van der Waals surface area (Å²) in [5, 5.41) is 8.42. The number of anilines is 2. The van der Waals surface area contributed by atoms with Crippen LogP contribution in [-0.2, 0) is 60.7 Å². The standard InChI is InChI=1S/C21H21BN4O.C20H18BN4O.4C2H6.CH4.2H2S.V.2W/c1-11(2)19(22)26-18-13-6-4-5-7-14(13)25-21(27)17(18)20-23-15-9-8-12(3)10-16(15)24-20;1-11(2)18(21)25-17-12-7-3-4-8-13(12)24-20(26)16(17)19-22-14-9-5-6-10-15(14)23-19;4*1-2;;;;;;/h4-11,19H,1-3H3,(H,23,24)(H2,25,26,27);3-5,7-11,18H,1-2H3,(H,22,23)(H2,24,25,26);4*1-2H3;1H4;2*1H2;;;/q;-1;;;;;;;;;;/i3D;;;;;;1D;;;;;. The van der Waals surface area contributed by atoms with Gasteiger partial charge in [-0.15, -0.1) is 12.1 Å². The summed E-state index contributed by atoms with van der Waals surface area (Å²) in [5.41, 5.74) is 7.32. The Hall–Kier alpha value is -3.37. The summed E-state index contributed by atoms with van der Waals surface area (Å²) < 4.78 is 13.3. The van der Waals surface area contributed by atoms with E-state index in [1.807, 2.05) is 162 Å². The molecule has 0 fully saturated rings. The summed E-state index contributed by atoms with van der Waals surface area (Å²) in [5.74, 6) is 0.750. The molecule has 2 atom stereocenters. The Balaban J connectivity index is -0.000000489. The van der Waals surface area contributed by atoms with Gasteiger partial charge in [-0.05, 0) is 71.5 Å². The van der Waals surface area contributed by atoms with Gasteiger partial charge in [-0.2, -0.15) is 39.1 Å². The van der Waals surface area contributed by atoms with Crippen molar-refractivity contribution in [3.05, 3.63) is 117 Å². The first kappa shape index (κ1) is 65.7. The minimum atomic E-state index is -0.316. The number of nitrogens with zero attached hydrogens (tertiary/aromatic N) is 2. The first-order chi connectivity index (χ1) is 31.0. The average Bonchev–Trinajstić information content (AvgIpc) is 3.96. The van der Waals surface area contributed by atoms with E-state index in [0.717, 1.165) is 49.4 Å². The van der Waals surface area contributed by atoms with E-state index in [1.165, 1.54) is 7.40 Å². The predicted molar refractivity (Wildman–Crippen MR) is 292 cm³/mol. The number of aryl methyl sites for hydroxylation is 1. The number of hydrogen-bond acceptors (Lipinski definition) is 6. The van der Waals surface area contributed by atoms with Gasteiger partial charge in [0.05, 0.1) is 49.1 Å². The van der Waals surface area contributed by atoms with Gasteiger partial charge in [0.15, 0.2) is 0 Å². The first-order valence-electron chi connectivity index (χ1n) is 23.2. The van der Waals surface area contributed by atoms with Gasteiger partial charge in [-0.1, -0.05) is 133 Å². The fraction of sp³-hybridized carbons (Fsp3) is 0.360. The van der Waals surface area contributed by atoms with Crippen molar-refractivity contribution < 1.29 is 63.4 Å². The Morgan fingerprint density at radius 2 is 1.03 bits per heavy atom. The van der Waals surface area contributed by atoms with Crippen LogP contribution in [0.2, 0.25) is 0 Å². The minimum Gasteiger partial charge on any atom is -0.390 e. The molecule has 0 aliphatic rings. The van der Waals surface area contributed by atoms with Crippen LogP contribution in [0.25, 0.3) is 66.6 Å². The number of pyridine rings is 2. The van der Waals surface area contributed by atoms with E-state index in [4.69, 9.17) is 18.4 Å². The zero-order valence-electron chi connectivity index (χ0n) is 43.2. The molecular weight excluding hydrogens is 1250 g/mol. The smallest absolute Gasteiger partial charge is 0.261 e. The second-order valence-electron chi connectivity index (χ2n) is 13.8. The molecule has 0 bridgehead atoms. The largest absolute Gasteiger partial charge is 0.390 e. The van der Waals surface area contributed by atoms with Gasteiger partial charge in [-0.25, -0.2) is 4.98 Å². The van der Waals surface area contributed by atoms with Crippen molar-refractivity contribution in [2.45, 2.75) is 109 Å². The normalized spacial score (nSPS) is 10.7. The molecule has 8 rings (SSSR count). The Bertz CT molecular complexity index is 2740. The van der Waals surface area contributed by atoms with Gasteiger partial charge >= 0.3 is 0 Å². The third kappa shape index (κ3) is 17.5. The third-order valence-corrected chi connectivity index (χ3v) is 9.25. The van der Waals surface area contributed by atoms with Gasteiger partial charge in [0.1, 0.15) is 22.8 Å². The fourth-order valence-electron chi connectivity index (χ4n) is 6.09. The quantitative estimate of drug-likeness (QED) is 0.0660. The molecule has 5 radical (unpaired) electrons. The molecule has 17 heteroatoms. The van der Waals surface area contributed by atoms with Crippen LogP contribution < -0.4 is 21.8 Å². The monoisotopic (exact) mass is 1320 g/mol. The van der Waals surface area contributed by atoms with E-state index in [9.17, 15) is 9.59 Å². The maximum atomic E-state index is 13.0. The molecule has 0 aliphatic heterocycles. The van der Waals surface area contributed by atoms with Crippen molar-refractivity contribution in [3.8, 4) is 22.8 Å². The second-order valence-corrected chi connectivity index (χ2v) is 13.8. The molecule has 0 aliphatic carbocycles. The molecule has 359 valence electrons. The maximum Gasteiger partial charge on any atom is 0.261 e. The van der Waals surface area contributed by atoms with E-state index in [2.05, 4.69) is 46.6 Å². The van der Waals surface area contributed by atoms with Crippen molar-refractivity contribution in [1.82, 2.24) is 29.9 Å². The van der Waals surface area contributed by atoms with Crippen molar-refractivity contribution in [2.24, 2.45) is 11.8 Å². The van der Waals surface area contributed by atoms with Crippen LogP contribution in [0.3, 0.4) is 0 Å². The summed E-state index contributed by atoms with van der Waals surface area (Å²) in [6.07, 6.45) is 0. The summed E-state index contributed by atoms with van der Waals surface area (Å²) in [7, 11) is 13.8. The molecule has 0 amide bonds. The molecule has 67 heavy (non-hydrogen) atoms. The van der Waals surface area contributed by atoms with Crippen LogP contribution >= 0.6 is 27.0 Å². The summed E-state index contributed by atoms with van der Waals surface area (Å²) in [6.45, 7) is 24.3. The van der Waals surface area contributed by atoms with E-state index < -0.39 is 0 Å². The van der Waals surface area contributed by atoms with Crippen molar-refractivity contribution in [1.29, 1.82) is 0 Å². The van der Waals surface area contributed by atoms with E-state index in [0.29, 0.717) is 34.2 Å². The number of benzene rings is 4. The number of aromatic nitrogens is 6. The first-order valence-corrected chi connectivity index (χ1v) is 21.5. The molecule has 8 aromatic rings. The zero-order valence-corrected chi connectivity index (χ0v) is 50.5. The summed E-state index contributed by atoms with van der Waals surface area (Å²) in [6, 6.07) is 29.4. The number of H-pyrrole nitrogens is 4. The molecule has 0 saturated heterocycles. The third-order valence-electron chi connectivity index (χ3n) is 9.25. The van der Waals surface area contributed by atoms with Crippen LogP contribution in [0, 0.1) is 24.8 Å². The Morgan fingerprint density at radius 1 is 0.612 bits per heavy atom. The van der Waals surface area contributed by atoms with Crippen molar-refractivity contribution in [3.63, 3.8) is 0 Å². The molecular formula is C50H71B2N8O2S2VW2-. The maximum absolute atomic E-state index is 13.0. The number of aromatic amines is 4. The van der Waals surface area contributed by atoms with E-state index in [-0.39, 0.29) is 129 Å². The molecule has 0 spiro atoms. The van der Waals surface area contributed by atoms with Gasteiger partial charge in [0.2, 0.25) is 0 Å². The average molecular weight is 1320 g/mol.